The van der Waals surface area contributed by atoms with Crippen molar-refractivity contribution >= 4 is 34.0 Å². The van der Waals surface area contributed by atoms with Crippen LogP contribution in [0.5, 0.6) is 0 Å². The first-order valence-corrected chi connectivity index (χ1v) is 17.0. The third-order valence-corrected chi connectivity index (χ3v) is 8.53. The van der Waals surface area contributed by atoms with Crippen LogP contribution in [0.4, 0.5) is 0 Å². The van der Waals surface area contributed by atoms with Crippen molar-refractivity contribution in [3.8, 4) is 0 Å². The Morgan fingerprint density at radius 2 is 0.692 bits per heavy atom. The predicted octanol–water partition coefficient (Wildman–Crippen LogP) is 4.89. The average molecular weight is 728 g/mol. The first kappa shape index (κ1) is 39.1. The summed E-state index contributed by atoms with van der Waals surface area (Å²) in [6.07, 6.45) is 4.27. The van der Waals surface area contributed by atoms with E-state index in [1.807, 2.05) is 73.2 Å². The molecule has 8 heteroatoms. The van der Waals surface area contributed by atoms with E-state index >= 15 is 0 Å². The molecule has 3 aromatic heterocycles. The van der Waals surface area contributed by atoms with Crippen LogP contribution in [0.25, 0.3) is 0 Å². The molecule has 3 heterocycles. The van der Waals surface area contributed by atoms with E-state index in [-0.39, 0.29) is 16.8 Å². The number of pyridine rings is 3. The van der Waals surface area contributed by atoms with Crippen molar-refractivity contribution < 1.29 is 26.7 Å². The predicted molar refractivity (Wildman–Crippen MR) is 206 cm³/mol. The van der Waals surface area contributed by atoms with Crippen LogP contribution in [-0.2, 0) is 41.2 Å². The van der Waals surface area contributed by atoms with Crippen LogP contribution >= 0.6 is 0 Å². The van der Waals surface area contributed by atoms with Crippen LogP contribution in [0.1, 0.15) is 24.0 Å². The van der Waals surface area contributed by atoms with Gasteiger partial charge in [0.15, 0.2) is 0 Å². The molecule has 52 heavy (non-hydrogen) atoms. The van der Waals surface area contributed by atoms with Gasteiger partial charge in [0.1, 0.15) is 6.15 Å². The van der Waals surface area contributed by atoms with E-state index in [1.54, 1.807) is 0 Å². The SMILES string of the molecule is CC(=O)[O-].[Co+3].c1ccc(CN(Cc2ccccn2)Cc2ccccn2)nc1.c1ccc([B-](c2ccccc2)(c2ccccc2)c2ccccc2)cc1. The minimum atomic E-state index is -1.22. The Hall–Kier alpha value is -5.67. The number of carbonyl (C=O) groups is 1. The summed E-state index contributed by atoms with van der Waals surface area (Å²) in [6.45, 7) is 3.29. The Balaban J connectivity index is 0.000000209. The Morgan fingerprint density at radius 1 is 0.462 bits per heavy atom. The van der Waals surface area contributed by atoms with Gasteiger partial charge in [-0.15, -0.1) is 0 Å². The van der Waals surface area contributed by atoms with Gasteiger partial charge in [0.2, 0.25) is 0 Å². The molecule has 0 N–H and O–H groups in total. The van der Waals surface area contributed by atoms with E-state index in [0.717, 1.165) is 43.6 Å². The van der Waals surface area contributed by atoms with E-state index in [1.165, 1.54) is 21.9 Å². The first-order valence-electron chi connectivity index (χ1n) is 17.0. The van der Waals surface area contributed by atoms with Crippen molar-refractivity contribution in [2.24, 2.45) is 0 Å². The maximum absolute atomic E-state index is 8.89. The quantitative estimate of drug-likeness (QED) is 0.187. The number of hydrogen-bond acceptors (Lipinski definition) is 6. The van der Waals surface area contributed by atoms with Gasteiger partial charge in [0.05, 0.1) is 17.1 Å². The largest absolute Gasteiger partial charge is 3.00 e. The molecule has 0 amide bonds. The second-order valence-corrected chi connectivity index (χ2v) is 12.1. The minimum absolute atomic E-state index is 0. The van der Waals surface area contributed by atoms with Crippen LogP contribution in [0.2, 0.25) is 0 Å². The van der Waals surface area contributed by atoms with Crippen molar-refractivity contribution in [2.75, 3.05) is 0 Å². The van der Waals surface area contributed by atoms with E-state index in [4.69, 9.17) is 9.90 Å². The maximum atomic E-state index is 8.89. The minimum Gasteiger partial charge on any atom is -0.550 e. The van der Waals surface area contributed by atoms with Gasteiger partial charge < -0.3 is 9.90 Å². The second-order valence-electron chi connectivity index (χ2n) is 12.1. The Bertz CT molecular complexity index is 1730. The zero-order valence-corrected chi connectivity index (χ0v) is 30.2. The van der Waals surface area contributed by atoms with Crippen molar-refractivity contribution in [1.29, 1.82) is 0 Å². The number of rotatable bonds is 10. The van der Waals surface area contributed by atoms with Gasteiger partial charge in [-0.05, 0) is 43.3 Å². The summed E-state index contributed by atoms with van der Waals surface area (Å²) in [5.74, 6) is -1.08. The molecule has 0 radical (unpaired) electrons. The molecular weight excluding hydrogens is 686 g/mol. The Kier molecular flexibility index (Phi) is 15.7. The maximum Gasteiger partial charge on any atom is 3.00 e. The summed E-state index contributed by atoms with van der Waals surface area (Å²) in [5, 5.41) is 8.89. The van der Waals surface area contributed by atoms with Crippen LogP contribution in [0.3, 0.4) is 0 Å². The number of carboxylic acids is 1. The van der Waals surface area contributed by atoms with Gasteiger partial charge in [-0.1, -0.05) is 140 Å². The van der Waals surface area contributed by atoms with Crippen molar-refractivity contribution in [1.82, 2.24) is 19.9 Å². The van der Waals surface area contributed by atoms with E-state index in [2.05, 4.69) is 141 Å². The standard InChI is InChI=1S/C24H20B.C18H18N4.C2H4O2.Co/c1-5-13-21(14-6-1)25(22-15-7-2-8-16-22,23-17-9-3-10-18-23)24-19-11-4-12-20-24;1-4-10-19-16(7-1)13-22(14-17-8-2-5-11-20-17)15-18-9-3-6-12-21-18;1-2(3)4;/h1-20H;1-12H,13-15H2;1H3,(H,3,4);/q-1;;;+3/p-1. The topological polar surface area (TPSA) is 82.0 Å². The first-order chi connectivity index (χ1) is 25.1. The molecule has 0 aliphatic rings. The smallest absolute Gasteiger partial charge is 0.550 e. The molecule has 6 nitrogen and oxygen atoms in total. The van der Waals surface area contributed by atoms with Gasteiger partial charge in [-0.2, -0.15) is 21.9 Å². The molecule has 0 fully saturated rings. The second kappa shape index (κ2) is 20.9. The zero-order valence-electron chi connectivity index (χ0n) is 29.1. The number of nitrogens with zero attached hydrogens (tertiary/aromatic N) is 4. The molecule has 0 aliphatic heterocycles. The normalized spacial score (nSPS) is 10.4. The summed E-state index contributed by atoms with van der Waals surface area (Å²) < 4.78 is 0. The molecule has 0 aliphatic carbocycles. The summed E-state index contributed by atoms with van der Waals surface area (Å²) in [5.41, 5.74) is 8.51. The van der Waals surface area contributed by atoms with Gasteiger partial charge in [-0.25, -0.2) is 0 Å². The average Bonchev–Trinajstić information content (AvgIpc) is 3.18. The summed E-state index contributed by atoms with van der Waals surface area (Å²) in [6, 6.07) is 61.5. The molecule has 7 rings (SSSR count). The van der Waals surface area contributed by atoms with E-state index in [9.17, 15) is 0 Å². The number of carbonyl (C=O) groups excluding carboxylic acids is 1. The van der Waals surface area contributed by atoms with Crippen molar-refractivity contribution in [3.63, 3.8) is 0 Å². The Morgan fingerprint density at radius 3 is 0.904 bits per heavy atom. The number of aromatic nitrogens is 3. The summed E-state index contributed by atoms with van der Waals surface area (Å²) in [7, 11) is 0. The van der Waals surface area contributed by atoms with Crippen LogP contribution in [0, 0.1) is 0 Å². The number of benzene rings is 4. The number of aliphatic carboxylic acids is 1. The van der Waals surface area contributed by atoms with Gasteiger partial charge in [0.25, 0.3) is 0 Å². The van der Waals surface area contributed by atoms with Crippen LogP contribution in [0.15, 0.2) is 195 Å². The fraction of sp³-hybridized carbons (Fsp3) is 0.0909. The number of hydrogen-bond donors (Lipinski definition) is 0. The molecule has 0 spiro atoms. The number of carboxylic acid groups (broad SMARTS) is 1. The van der Waals surface area contributed by atoms with Crippen molar-refractivity contribution in [3.05, 3.63) is 212 Å². The molecule has 0 saturated heterocycles. The fourth-order valence-corrected chi connectivity index (χ4v) is 6.45. The van der Waals surface area contributed by atoms with Gasteiger partial charge >= 0.3 is 16.8 Å². The molecule has 0 bridgehead atoms. The molecule has 4 aromatic carbocycles. The molecular formula is C44H41BCoN4O2+. The molecule has 7 aromatic rings. The van der Waals surface area contributed by atoms with Crippen molar-refractivity contribution in [2.45, 2.75) is 26.6 Å². The van der Waals surface area contributed by atoms with E-state index in [0.29, 0.717) is 0 Å². The Labute approximate surface area is 317 Å². The molecule has 260 valence electrons. The summed E-state index contributed by atoms with van der Waals surface area (Å²) in [4.78, 5) is 24.4. The molecule has 0 saturated carbocycles. The molecule has 0 unspecified atom stereocenters. The van der Waals surface area contributed by atoms with Crippen LogP contribution in [-0.4, -0.2) is 32.0 Å². The van der Waals surface area contributed by atoms with Gasteiger partial charge in [-0.3, -0.25) is 19.9 Å². The van der Waals surface area contributed by atoms with Crippen LogP contribution < -0.4 is 27.0 Å². The third kappa shape index (κ3) is 11.2. The van der Waals surface area contributed by atoms with E-state index < -0.39 is 12.1 Å². The zero-order chi connectivity index (χ0) is 35.6. The fourth-order valence-electron chi connectivity index (χ4n) is 6.45. The third-order valence-electron chi connectivity index (χ3n) is 8.53. The summed E-state index contributed by atoms with van der Waals surface area (Å²) >= 11 is 0. The van der Waals surface area contributed by atoms with Gasteiger partial charge in [0, 0.05) is 44.2 Å². The molecule has 0 atom stereocenters. The monoisotopic (exact) mass is 727 g/mol.